The molecule has 15 heteroatoms. The number of rotatable bonds is 7. The van der Waals surface area contributed by atoms with Crippen LogP contribution in [-0.4, -0.2) is 121 Å². The molecular formula is C12H29N3O9P3+. The van der Waals surface area contributed by atoms with Gasteiger partial charge < -0.3 is 29.4 Å². The maximum Gasteiger partial charge on any atom is 0.388 e. The highest BCUT2D eigenvalue weighted by Gasteiger charge is 2.64. The van der Waals surface area contributed by atoms with Crippen LogP contribution in [0.5, 0.6) is 0 Å². The van der Waals surface area contributed by atoms with Crippen molar-refractivity contribution < 1.29 is 47.5 Å². The average Bonchev–Trinajstić information content (AvgIpc) is 3.19. The van der Waals surface area contributed by atoms with E-state index in [9.17, 15) is 23.5 Å². The molecule has 0 aliphatic carbocycles. The van der Waals surface area contributed by atoms with Crippen LogP contribution in [0.4, 0.5) is 0 Å². The van der Waals surface area contributed by atoms with Crippen LogP contribution in [0.2, 0.25) is 0 Å². The van der Waals surface area contributed by atoms with Gasteiger partial charge in [0.05, 0.1) is 25.4 Å². The van der Waals surface area contributed by atoms with Gasteiger partial charge in [-0.1, -0.05) is 0 Å². The van der Waals surface area contributed by atoms with E-state index in [0.29, 0.717) is 45.8 Å². The molecule has 0 aromatic carbocycles. The highest BCUT2D eigenvalue weighted by molar-refractivity contribution is 7.52. The molecule has 2 aliphatic rings. The summed E-state index contributed by atoms with van der Waals surface area (Å²) in [5.74, 6) is -0.775. The number of quaternary nitrogens is 1. The minimum atomic E-state index is -4.25. The minimum Gasteiger partial charge on any atom is -0.324 e. The molecule has 2 fully saturated rings. The molecule has 0 radical (unpaired) electrons. The minimum absolute atomic E-state index is 0.150. The van der Waals surface area contributed by atoms with Crippen molar-refractivity contribution in [2.24, 2.45) is 0 Å². The van der Waals surface area contributed by atoms with Gasteiger partial charge in [0.25, 0.3) is 0 Å². The highest BCUT2D eigenvalue weighted by Crippen LogP contribution is 2.55. The van der Waals surface area contributed by atoms with E-state index >= 15 is 0 Å². The van der Waals surface area contributed by atoms with Crippen LogP contribution in [0.1, 0.15) is 0 Å². The van der Waals surface area contributed by atoms with Crippen LogP contribution in [-0.2, 0) is 13.7 Å². The Kier molecular flexibility index (Phi) is 7.52. The third-order valence-corrected chi connectivity index (χ3v) is 8.28. The molecule has 1 unspecified atom stereocenters. The van der Waals surface area contributed by atoms with Crippen molar-refractivity contribution in [3.8, 4) is 0 Å². The second-order valence-corrected chi connectivity index (χ2v) is 12.7. The maximum absolute atomic E-state index is 11.7. The fourth-order valence-corrected chi connectivity index (χ4v) is 5.97. The summed E-state index contributed by atoms with van der Waals surface area (Å²) in [6.07, 6.45) is -0.616. The van der Waals surface area contributed by atoms with Gasteiger partial charge in [-0.05, 0) is 0 Å². The van der Waals surface area contributed by atoms with E-state index in [1.165, 1.54) is 0 Å². The monoisotopic (exact) mass is 452 g/mol. The predicted octanol–water partition coefficient (Wildman–Crippen LogP) is -1.71. The van der Waals surface area contributed by atoms with E-state index in [1.54, 1.807) is 0 Å². The molecule has 2 heterocycles. The van der Waals surface area contributed by atoms with E-state index in [1.807, 2.05) is 9.80 Å². The zero-order valence-corrected chi connectivity index (χ0v) is 17.6. The van der Waals surface area contributed by atoms with Gasteiger partial charge in [-0.15, -0.1) is 0 Å². The Balaban J connectivity index is 2.07. The Morgan fingerprint density at radius 1 is 0.741 bits per heavy atom. The summed E-state index contributed by atoms with van der Waals surface area (Å²) >= 11 is 0. The van der Waals surface area contributed by atoms with E-state index in [4.69, 9.17) is 19.6 Å². The maximum atomic E-state index is 11.7. The zero-order valence-electron chi connectivity index (χ0n) is 14.9. The van der Waals surface area contributed by atoms with Gasteiger partial charge in [-0.2, -0.15) is 0 Å². The molecule has 12 nitrogen and oxygen atoms in total. The van der Waals surface area contributed by atoms with Crippen LogP contribution in [0.15, 0.2) is 0 Å². The first-order valence-corrected chi connectivity index (χ1v) is 13.9. The lowest BCUT2D eigenvalue weighted by molar-refractivity contribution is -0.805. The quantitative estimate of drug-likeness (QED) is 0.147. The standard InChI is InChI=1S/C12H28N3O9P3/c16-25(17,18)9-5-13-1-2-14(6-10-26(19,20)21)4-8-15(7-3-13)11-12(15)27(22,23)24/h12H,1-11H2,(H5-,16,17,18,19,20,21,22,23,24)/p+1. The van der Waals surface area contributed by atoms with Crippen molar-refractivity contribution in [3.63, 3.8) is 0 Å². The molecule has 0 aromatic heterocycles. The van der Waals surface area contributed by atoms with Gasteiger partial charge in [0.15, 0.2) is 0 Å². The van der Waals surface area contributed by atoms with Gasteiger partial charge in [0, 0.05) is 39.3 Å². The van der Waals surface area contributed by atoms with Crippen molar-refractivity contribution in [2.45, 2.75) is 5.78 Å². The van der Waals surface area contributed by atoms with Crippen molar-refractivity contribution in [1.29, 1.82) is 0 Å². The number of hydrogen-bond donors (Lipinski definition) is 6. The van der Waals surface area contributed by atoms with E-state index in [2.05, 4.69) is 0 Å². The molecule has 27 heavy (non-hydrogen) atoms. The predicted molar refractivity (Wildman–Crippen MR) is 97.4 cm³/mol. The smallest absolute Gasteiger partial charge is 0.324 e. The molecule has 2 rings (SSSR count). The third kappa shape index (κ3) is 7.93. The summed E-state index contributed by atoms with van der Waals surface area (Å²) in [6.45, 7) is 3.37. The molecule has 2 aliphatic heterocycles. The number of nitrogens with zero attached hydrogens (tertiary/aromatic N) is 3. The summed E-state index contributed by atoms with van der Waals surface area (Å²) in [6, 6.07) is 0. The average molecular weight is 452 g/mol. The molecule has 6 N–H and O–H groups in total. The van der Waals surface area contributed by atoms with Crippen molar-refractivity contribution >= 4 is 22.8 Å². The molecule has 0 saturated carbocycles. The van der Waals surface area contributed by atoms with Gasteiger partial charge in [0.1, 0.15) is 6.54 Å². The van der Waals surface area contributed by atoms with Gasteiger partial charge in [0.2, 0.25) is 5.78 Å². The van der Waals surface area contributed by atoms with Crippen LogP contribution in [0.3, 0.4) is 0 Å². The van der Waals surface area contributed by atoms with Crippen LogP contribution in [0.25, 0.3) is 0 Å². The molecule has 0 amide bonds. The van der Waals surface area contributed by atoms with Gasteiger partial charge in [-0.25, -0.2) is 0 Å². The Labute approximate surface area is 157 Å². The van der Waals surface area contributed by atoms with Gasteiger partial charge in [-0.3, -0.25) is 28.0 Å². The summed E-state index contributed by atoms with van der Waals surface area (Å²) in [5, 5.41) is 0. The van der Waals surface area contributed by atoms with E-state index < -0.39 is 28.6 Å². The number of hydrogen-bond acceptors (Lipinski definition) is 5. The van der Waals surface area contributed by atoms with E-state index in [0.717, 1.165) is 0 Å². The Morgan fingerprint density at radius 2 is 1.15 bits per heavy atom. The normalized spacial score (nSPS) is 25.8. The lowest BCUT2D eigenvalue weighted by atomic mass is 10.4. The zero-order chi connectivity index (χ0) is 20.5. The van der Waals surface area contributed by atoms with E-state index in [-0.39, 0.29) is 29.9 Å². The molecular weight excluding hydrogens is 423 g/mol. The summed E-state index contributed by atoms with van der Waals surface area (Å²) in [7, 11) is -12.6. The Bertz CT molecular complexity index is 622. The third-order valence-electron chi connectivity index (χ3n) is 5.28. The summed E-state index contributed by atoms with van der Waals surface area (Å²) in [5.41, 5.74) is 0. The van der Waals surface area contributed by atoms with Crippen molar-refractivity contribution in [2.75, 3.05) is 71.2 Å². The highest BCUT2D eigenvalue weighted by atomic mass is 31.2. The Morgan fingerprint density at radius 3 is 1.44 bits per heavy atom. The lowest BCUT2D eigenvalue weighted by Gasteiger charge is -2.25. The fourth-order valence-electron chi connectivity index (χ4n) is 3.47. The molecule has 2 saturated heterocycles. The SMILES string of the molecule is O=P(O)(O)CCN1CCN(CCP(=O)(O)O)CC[N+]2(CC1)CC2P(=O)(O)O. The second-order valence-electron chi connectivity index (χ2n) is 7.38. The first kappa shape index (κ1) is 23.6. The molecule has 0 aromatic rings. The Hall–Kier alpha value is 0.330. The fraction of sp³-hybridized carbons (Fsp3) is 1.00. The largest absolute Gasteiger partial charge is 0.388 e. The first-order chi connectivity index (χ1) is 12.2. The summed E-state index contributed by atoms with van der Waals surface area (Å²) in [4.78, 5) is 59.1. The molecule has 0 bridgehead atoms. The van der Waals surface area contributed by atoms with Crippen molar-refractivity contribution in [1.82, 2.24) is 9.80 Å². The summed E-state index contributed by atoms with van der Waals surface area (Å²) < 4.78 is 34.2. The lowest BCUT2D eigenvalue weighted by Crippen LogP contribution is -2.40. The molecule has 1 spiro atoms. The topological polar surface area (TPSA) is 179 Å². The van der Waals surface area contributed by atoms with Crippen LogP contribution in [0, 0.1) is 0 Å². The van der Waals surface area contributed by atoms with Crippen LogP contribution < -0.4 is 0 Å². The van der Waals surface area contributed by atoms with Crippen molar-refractivity contribution in [3.05, 3.63) is 0 Å². The van der Waals surface area contributed by atoms with Gasteiger partial charge >= 0.3 is 22.8 Å². The van der Waals surface area contributed by atoms with Crippen LogP contribution >= 0.6 is 22.8 Å². The molecule has 1 atom stereocenters. The first-order valence-electron chi connectivity index (χ1n) is 8.65. The second kappa shape index (κ2) is 8.60. The molecule has 160 valence electrons.